The maximum absolute atomic E-state index is 11.9. The van der Waals surface area contributed by atoms with E-state index in [0.29, 0.717) is 15.7 Å². The van der Waals surface area contributed by atoms with E-state index in [1.807, 2.05) is 26.0 Å². The third-order valence-corrected chi connectivity index (χ3v) is 3.43. The number of anilines is 1. The Balaban J connectivity index is 1.97. The van der Waals surface area contributed by atoms with Crippen molar-refractivity contribution in [3.8, 4) is 5.75 Å². The summed E-state index contributed by atoms with van der Waals surface area (Å²) in [7, 11) is 0. The maximum Gasteiger partial charge on any atom is 0.248 e. The van der Waals surface area contributed by atoms with Gasteiger partial charge in [0.05, 0.1) is 6.10 Å². The number of hydrogen-bond acceptors (Lipinski definition) is 2. The first-order valence-electron chi connectivity index (χ1n) is 7.15. The molecule has 0 aliphatic heterocycles. The van der Waals surface area contributed by atoms with Gasteiger partial charge in [0.1, 0.15) is 5.75 Å². The van der Waals surface area contributed by atoms with Crippen LogP contribution in [0.2, 0.25) is 10.0 Å². The molecule has 0 unspecified atom stereocenters. The molecule has 0 heterocycles. The Morgan fingerprint density at radius 3 is 2.43 bits per heavy atom. The second-order valence-electron chi connectivity index (χ2n) is 5.18. The fourth-order valence-electron chi connectivity index (χ4n) is 1.88. The molecular weight excluding hydrogens is 333 g/mol. The third-order valence-electron chi connectivity index (χ3n) is 2.87. The zero-order valence-electron chi connectivity index (χ0n) is 12.8. The normalized spacial score (nSPS) is 11.0. The zero-order chi connectivity index (χ0) is 16.8. The van der Waals surface area contributed by atoms with Gasteiger partial charge in [-0.1, -0.05) is 29.3 Å². The summed E-state index contributed by atoms with van der Waals surface area (Å²) in [4.78, 5) is 11.9. The molecule has 0 radical (unpaired) electrons. The molecule has 0 saturated carbocycles. The molecule has 5 heteroatoms. The monoisotopic (exact) mass is 349 g/mol. The van der Waals surface area contributed by atoms with Crippen molar-refractivity contribution in [3.05, 3.63) is 64.1 Å². The largest absolute Gasteiger partial charge is 0.491 e. The van der Waals surface area contributed by atoms with E-state index in [1.54, 1.807) is 36.4 Å². The first-order valence-corrected chi connectivity index (χ1v) is 7.90. The van der Waals surface area contributed by atoms with Crippen LogP contribution in [0, 0.1) is 0 Å². The molecule has 0 aliphatic rings. The van der Waals surface area contributed by atoms with Crippen molar-refractivity contribution < 1.29 is 9.53 Å². The minimum absolute atomic E-state index is 0.113. The van der Waals surface area contributed by atoms with Gasteiger partial charge in [-0.05, 0) is 61.9 Å². The van der Waals surface area contributed by atoms with Crippen LogP contribution in [0.5, 0.6) is 5.75 Å². The summed E-state index contributed by atoms with van der Waals surface area (Å²) in [5.74, 6) is 0.523. The Kier molecular flexibility index (Phi) is 6.08. The van der Waals surface area contributed by atoms with Crippen LogP contribution in [0.4, 0.5) is 5.69 Å². The van der Waals surface area contributed by atoms with Crippen LogP contribution in [-0.2, 0) is 4.79 Å². The fraction of sp³-hybridized carbons (Fsp3) is 0.167. The number of ether oxygens (including phenoxy) is 1. The average Bonchev–Trinajstić information content (AvgIpc) is 2.48. The molecule has 23 heavy (non-hydrogen) atoms. The molecule has 2 rings (SSSR count). The van der Waals surface area contributed by atoms with Gasteiger partial charge in [0.25, 0.3) is 0 Å². The van der Waals surface area contributed by atoms with Crippen LogP contribution in [0.15, 0.2) is 48.5 Å². The Morgan fingerprint density at radius 2 is 1.83 bits per heavy atom. The summed E-state index contributed by atoms with van der Waals surface area (Å²) in [5, 5.41) is 3.83. The molecule has 3 nitrogen and oxygen atoms in total. The number of nitrogens with one attached hydrogen (secondary N) is 1. The van der Waals surface area contributed by atoms with E-state index in [4.69, 9.17) is 27.9 Å². The van der Waals surface area contributed by atoms with Gasteiger partial charge in [-0.3, -0.25) is 4.79 Å². The van der Waals surface area contributed by atoms with Crippen molar-refractivity contribution in [3.63, 3.8) is 0 Å². The molecule has 0 atom stereocenters. The van der Waals surface area contributed by atoms with E-state index in [2.05, 4.69) is 5.32 Å². The van der Waals surface area contributed by atoms with Crippen molar-refractivity contribution in [1.82, 2.24) is 0 Å². The average molecular weight is 350 g/mol. The summed E-state index contributed by atoms with van der Waals surface area (Å²) in [5.41, 5.74) is 1.42. The minimum Gasteiger partial charge on any atom is -0.491 e. The molecule has 120 valence electrons. The van der Waals surface area contributed by atoms with Gasteiger partial charge in [-0.15, -0.1) is 0 Å². The SMILES string of the molecule is CC(C)Oc1ccc(NC(=O)C=Cc2ccc(Cl)cc2Cl)cc1. The van der Waals surface area contributed by atoms with Crippen molar-refractivity contribution in [2.75, 3.05) is 5.32 Å². The molecule has 2 aromatic rings. The predicted octanol–water partition coefficient (Wildman–Crippen LogP) is 5.43. The Bertz CT molecular complexity index is 709. The van der Waals surface area contributed by atoms with Crippen LogP contribution < -0.4 is 10.1 Å². The first-order chi connectivity index (χ1) is 10.9. The van der Waals surface area contributed by atoms with Gasteiger partial charge in [-0.25, -0.2) is 0 Å². The molecule has 1 amide bonds. The quantitative estimate of drug-likeness (QED) is 0.730. The van der Waals surface area contributed by atoms with Gasteiger partial charge >= 0.3 is 0 Å². The smallest absolute Gasteiger partial charge is 0.248 e. The zero-order valence-corrected chi connectivity index (χ0v) is 14.4. The van der Waals surface area contributed by atoms with Crippen LogP contribution in [0.25, 0.3) is 6.08 Å². The van der Waals surface area contributed by atoms with Gasteiger partial charge in [0, 0.05) is 21.8 Å². The minimum atomic E-state index is -0.242. The highest BCUT2D eigenvalue weighted by atomic mass is 35.5. The van der Waals surface area contributed by atoms with E-state index in [-0.39, 0.29) is 12.0 Å². The summed E-state index contributed by atoms with van der Waals surface area (Å²) in [6.45, 7) is 3.92. The highest BCUT2D eigenvalue weighted by molar-refractivity contribution is 6.35. The van der Waals surface area contributed by atoms with Gasteiger partial charge in [0.2, 0.25) is 5.91 Å². The van der Waals surface area contributed by atoms with Crippen molar-refractivity contribution in [2.45, 2.75) is 20.0 Å². The first kappa shape index (κ1) is 17.4. The van der Waals surface area contributed by atoms with Crippen molar-refractivity contribution in [1.29, 1.82) is 0 Å². The lowest BCUT2D eigenvalue weighted by atomic mass is 10.2. The van der Waals surface area contributed by atoms with Crippen LogP contribution in [0.3, 0.4) is 0 Å². The molecule has 0 aliphatic carbocycles. The number of amides is 1. The second-order valence-corrected chi connectivity index (χ2v) is 6.02. The Labute approximate surface area is 145 Å². The van der Waals surface area contributed by atoms with Gasteiger partial charge < -0.3 is 10.1 Å². The van der Waals surface area contributed by atoms with Crippen molar-refractivity contribution >= 4 is 40.9 Å². The second kappa shape index (κ2) is 8.04. The lowest BCUT2D eigenvalue weighted by molar-refractivity contribution is -0.111. The lowest BCUT2D eigenvalue weighted by Gasteiger charge is -2.10. The molecule has 0 fully saturated rings. The van der Waals surface area contributed by atoms with Crippen LogP contribution in [0.1, 0.15) is 19.4 Å². The van der Waals surface area contributed by atoms with E-state index in [0.717, 1.165) is 11.3 Å². The number of halogens is 2. The standard InChI is InChI=1S/C18H17Cl2NO2/c1-12(2)23-16-8-6-15(7-9-16)21-18(22)10-4-13-3-5-14(19)11-17(13)20/h3-12H,1-2H3,(H,21,22). The molecule has 0 aromatic heterocycles. The third kappa shape index (κ3) is 5.62. The van der Waals surface area contributed by atoms with E-state index in [9.17, 15) is 4.79 Å². The molecule has 2 aromatic carbocycles. The van der Waals surface area contributed by atoms with Gasteiger partial charge in [0.15, 0.2) is 0 Å². The Hall–Kier alpha value is -1.97. The fourth-order valence-corrected chi connectivity index (χ4v) is 2.35. The number of benzene rings is 2. The maximum atomic E-state index is 11.9. The molecule has 0 spiro atoms. The number of rotatable bonds is 5. The van der Waals surface area contributed by atoms with E-state index in [1.165, 1.54) is 6.08 Å². The highest BCUT2D eigenvalue weighted by Gasteiger charge is 2.02. The number of carbonyl (C=O) groups excluding carboxylic acids is 1. The summed E-state index contributed by atoms with van der Waals surface area (Å²) < 4.78 is 5.55. The number of carbonyl (C=O) groups is 1. The molecule has 0 saturated heterocycles. The molecular formula is C18H17Cl2NO2. The molecule has 1 N–H and O–H groups in total. The van der Waals surface area contributed by atoms with Crippen molar-refractivity contribution in [2.24, 2.45) is 0 Å². The molecule has 0 bridgehead atoms. The van der Waals surface area contributed by atoms with E-state index >= 15 is 0 Å². The highest BCUT2D eigenvalue weighted by Crippen LogP contribution is 2.22. The topological polar surface area (TPSA) is 38.3 Å². The van der Waals surface area contributed by atoms with E-state index < -0.39 is 0 Å². The predicted molar refractivity (Wildman–Crippen MR) is 96.3 cm³/mol. The number of hydrogen-bond donors (Lipinski definition) is 1. The summed E-state index contributed by atoms with van der Waals surface area (Å²) >= 11 is 11.9. The van der Waals surface area contributed by atoms with Crippen LogP contribution in [-0.4, -0.2) is 12.0 Å². The summed E-state index contributed by atoms with van der Waals surface area (Å²) in [6, 6.07) is 12.3. The lowest BCUT2D eigenvalue weighted by Crippen LogP contribution is -2.08. The van der Waals surface area contributed by atoms with Gasteiger partial charge in [-0.2, -0.15) is 0 Å². The Morgan fingerprint density at radius 1 is 1.13 bits per heavy atom. The summed E-state index contributed by atoms with van der Waals surface area (Å²) in [6.07, 6.45) is 3.18. The van der Waals surface area contributed by atoms with Crippen LogP contribution >= 0.6 is 23.2 Å².